The third-order valence-electron chi connectivity index (χ3n) is 5.59. The van der Waals surface area contributed by atoms with Gasteiger partial charge in [-0.3, -0.25) is 9.46 Å². The lowest BCUT2D eigenvalue weighted by molar-refractivity contribution is 0.0199. The van der Waals surface area contributed by atoms with Crippen LogP contribution in [0.5, 0.6) is 0 Å². The van der Waals surface area contributed by atoms with E-state index in [-0.39, 0.29) is 5.78 Å². The van der Waals surface area contributed by atoms with E-state index in [1.165, 1.54) is 0 Å². The van der Waals surface area contributed by atoms with Crippen molar-refractivity contribution in [1.29, 1.82) is 0 Å². The Bertz CT molecular complexity index is 607. The zero-order valence-electron chi connectivity index (χ0n) is 15.9. The highest BCUT2D eigenvalue weighted by Gasteiger charge is 2.48. The molecule has 4 rings (SSSR count). The number of nitrogens with zero attached hydrogens (tertiary/aromatic N) is 3. The van der Waals surface area contributed by atoms with Gasteiger partial charge in [0.1, 0.15) is 5.78 Å². The zero-order valence-corrected chi connectivity index (χ0v) is 16.8. The van der Waals surface area contributed by atoms with Crippen LogP contribution in [0.3, 0.4) is 0 Å². The van der Waals surface area contributed by atoms with Gasteiger partial charge < -0.3 is 14.2 Å². The minimum atomic E-state index is -2.89. The normalized spacial score (nSPS) is 25.3. The van der Waals surface area contributed by atoms with Crippen molar-refractivity contribution in [1.82, 2.24) is 14.2 Å². The molecule has 0 radical (unpaired) electrons. The van der Waals surface area contributed by atoms with Gasteiger partial charge in [-0.2, -0.15) is 0 Å². The average Bonchev–Trinajstić information content (AvgIpc) is 2.76. The summed E-state index contributed by atoms with van der Waals surface area (Å²) in [5.41, 5.74) is 1.13. The summed E-state index contributed by atoms with van der Waals surface area (Å²) in [5.74, 6) is -0.154. The van der Waals surface area contributed by atoms with Crippen LogP contribution in [-0.2, 0) is 18.8 Å². The second kappa shape index (κ2) is 9.14. The van der Waals surface area contributed by atoms with E-state index in [4.69, 9.17) is 14.2 Å². The van der Waals surface area contributed by atoms with E-state index in [9.17, 15) is 4.57 Å². The van der Waals surface area contributed by atoms with Gasteiger partial charge in [0.15, 0.2) is 0 Å². The largest absolute Gasteiger partial charge is 0.379 e. The summed E-state index contributed by atoms with van der Waals surface area (Å²) in [7, 11) is -2.89. The van der Waals surface area contributed by atoms with Crippen molar-refractivity contribution in [2.45, 2.75) is 5.78 Å². The summed E-state index contributed by atoms with van der Waals surface area (Å²) >= 11 is 0. The maximum Gasteiger partial charge on any atom is 0.237 e. The first-order valence-corrected chi connectivity index (χ1v) is 11.6. The zero-order chi connectivity index (χ0) is 18.5. The van der Waals surface area contributed by atoms with Crippen LogP contribution < -0.4 is 0 Å². The molecule has 3 heterocycles. The van der Waals surface area contributed by atoms with Crippen LogP contribution in [0.2, 0.25) is 0 Å². The van der Waals surface area contributed by atoms with Crippen LogP contribution in [0, 0.1) is 0 Å². The monoisotopic (exact) mass is 395 g/mol. The van der Waals surface area contributed by atoms with Gasteiger partial charge in [0.05, 0.1) is 39.6 Å². The number of hydrogen-bond donors (Lipinski definition) is 0. The number of ether oxygens (including phenoxy) is 3. The molecule has 1 aromatic carbocycles. The van der Waals surface area contributed by atoms with Gasteiger partial charge in [-0.1, -0.05) is 30.3 Å². The molecule has 0 aromatic heterocycles. The standard InChI is InChI=1S/C19H30N3O4P/c23-27(21-8-14-25-15-9-21,22-10-16-26-17-11-22)19(18-4-2-1-3-5-18)20-6-12-24-13-7-20/h1-5,19H,6-17H2/t19-/m1/s1. The van der Waals surface area contributed by atoms with E-state index < -0.39 is 7.44 Å². The molecule has 8 heteroatoms. The van der Waals surface area contributed by atoms with Crippen molar-refractivity contribution in [3.63, 3.8) is 0 Å². The lowest BCUT2D eigenvalue weighted by Crippen LogP contribution is -2.49. The first kappa shape index (κ1) is 19.5. The van der Waals surface area contributed by atoms with Gasteiger partial charge in [-0.15, -0.1) is 0 Å². The van der Waals surface area contributed by atoms with E-state index in [0.717, 1.165) is 18.7 Å². The summed E-state index contributed by atoms with van der Waals surface area (Å²) in [6, 6.07) is 10.4. The minimum Gasteiger partial charge on any atom is -0.379 e. The van der Waals surface area contributed by atoms with Crippen molar-refractivity contribution in [3.05, 3.63) is 35.9 Å². The van der Waals surface area contributed by atoms with Crippen molar-refractivity contribution in [2.24, 2.45) is 0 Å². The van der Waals surface area contributed by atoms with Crippen LogP contribution in [0.1, 0.15) is 11.3 Å². The molecule has 0 unspecified atom stereocenters. The highest BCUT2D eigenvalue weighted by Crippen LogP contribution is 2.65. The lowest BCUT2D eigenvalue weighted by Gasteiger charge is -2.49. The number of hydrogen-bond acceptors (Lipinski definition) is 5. The topological polar surface area (TPSA) is 54.5 Å². The Hall–Kier alpha value is -0.790. The Kier molecular flexibility index (Phi) is 6.61. The molecule has 7 nitrogen and oxygen atoms in total. The summed E-state index contributed by atoms with van der Waals surface area (Å²) in [4.78, 5) is 2.37. The summed E-state index contributed by atoms with van der Waals surface area (Å²) in [6.45, 7) is 8.38. The molecular weight excluding hydrogens is 365 g/mol. The predicted octanol–water partition coefficient (Wildman–Crippen LogP) is 1.87. The molecule has 150 valence electrons. The first-order valence-electron chi connectivity index (χ1n) is 9.93. The fourth-order valence-corrected chi connectivity index (χ4v) is 7.90. The van der Waals surface area contributed by atoms with Gasteiger partial charge in [-0.25, -0.2) is 9.34 Å². The van der Waals surface area contributed by atoms with Crippen LogP contribution >= 0.6 is 7.44 Å². The van der Waals surface area contributed by atoms with Crippen LogP contribution in [0.25, 0.3) is 0 Å². The third-order valence-corrected chi connectivity index (χ3v) is 9.28. The lowest BCUT2D eigenvalue weighted by atomic mass is 10.2. The van der Waals surface area contributed by atoms with Crippen molar-refractivity contribution < 1.29 is 18.8 Å². The maximum atomic E-state index is 15.0. The minimum absolute atomic E-state index is 0.154. The van der Waals surface area contributed by atoms with Crippen molar-refractivity contribution >= 4 is 7.44 Å². The Balaban J connectivity index is 1.75. The summed E-state index contributed by atoms with van der Waals surface area (Å²) < 4.78 is 36.1. The molecule has 0 saturated carbocycles. The second-order valence-electron chi connectivity index (χ2n) is 7.15. The molecule has 0 N–H and O–H groups in total. The van der Waals surface area contributed by atoms with Gasteiger partial charge >= 0.3 is 0 Å². The Morgan fingerprint density at radius 1 is 0.704 bits per heavy atom. The number of rotatable bonds is 5. The van der Waals surface area contributed by atoms with E-state index in [2.05, 4.69) is 26.4 Å². The quantitative estimate of drug-likeness (QED) is 0.706. The van der Waals surface area contributed by atoms with E-state index >= 15 is 0 Å². The SMILES string of the molecule is O=P([C@H](c1ccccc1)N1CCOCC1)(N1CCOCC1)N1CCOCC1. The second-order valence-corrected chi connectivity index (χ2v) is 9.95. The molecule has 0 spiro atoms. The van der Waals surface area contributed by atoms with Gasteiger partial charge in [0, 0.05) is 39.3 Å². The molecule has 0 aliphatic carbocycles. The first-order chi connectivity index (χ1) is 13.3. The summed E-state index contributed by atoms with van der Waals surface area (Å²) in [5, 5.41) is 0. The molecule has 3 saturated heterocycles. The van der Waals surface area contributed by atoms with Gasteiger partial charge in [-0.05, 0) is 5.56 Å². The van der Waals surface area contributed by atoms with E-state index in [0.29, 0.717) is 65.8 Å². The predicted molar refractivity (Wildman–Crippen MR) is 104 cm³/mol. The Morgan fingerprint density at radius 3 is 1.63 bits per heavy atom. The van der Waals surface area contributed by atoms with Crippen molar-refractivity contribution in [2.75, 3.05) is 78.9 Å². The molecule has 3 aliphatic rings. The highest BCUT2D eigenvalue weighted by atomic mass is 31.2. The van der Waals surface area contributed by atoms with Crippen LogP contribution in [0.15, 0.2) is 30.3 Å². The summed E-state index contributed by atoms with van der Waals surface area (Å²) in [6.07, 6.45) is 0. The fraction of sp³-hybridized carbons (Fsp3) is 0.684. The van der Waals surface area contributed by atoms with E-state index in [1.54, 1.807) is 0 Å². The molecule has 0 bridgehead atoms. The van der Waals surface area contributed by atoms with Gasteiger partial charge in [0.25, 0.3) is 0 Å². The van der Waals surface area contributed by atoms with Crippen LogP contribution in [0.4, 0.5) is 0 Å². The molecule has 1 atom stereocenters. The Labute approximate surface area is 161 Å². The molecular formula is C19H30N3O4P. The average molecular weight is 395 g/mol. The number of morpholine rings is 3. The van der Waals surface area contributed by atoms with Gasteiger partial charge in [0.2, 0.25) is 7.44 Å². The van der Waals surface area contributed by atoms with Crippen LogP contribution in [-0.4, -0.2) is 93.2 Å². The molecule has 3 aliphatic heterocycles. The maximum absolute atomic E-state index is 15.0. The fourth-order valence-electron chi connectivity index (χ4n) is 4.23. The molecule has 0 amide bonds. The highest BCUT2D eigenvalue weighted by molar-refractivity contribution is 7.59. The Morgan fingerprint density at radius 2 is 1.15 bits per heavy atom. The van der Waals surface area contributed by atoms with Crippen molar-refractivity contribution in [3.8, 4) is 0 Å². The molecule has 27 heavy (non-hydrogen) atoms. The molecule has 3 fully saturated rings. The third kappa shape index (κ3) is 4.15. The smallest absolute Gasteiger partial charge is 0.237 e. The molecule has 1 aromatic rings. The van der Waals surface area contributed by atoms with E-state index in [1.807, 2.05) is 18.2 Å². The number of benzene rings is 1.